The fourth-order valence-electron chi connectivity index (χ4n) is 0.838. The number of hydrogen-bond acceptors (Lipinski definition) is 4. The molecule has 1 aliphatic heterocycles. The summed E-state index contributed by atoms with van der Waals surface area (Å²) in [6.45, 7) is 3.04. The first-order valence-corrected chi connectivity index (χ1v) is 3.71. The lowest BCUT2D eigenvalue weighted by Crippen LogP contribution is -2.36. The zero-order valence-electron chi connectivity index (χ0n) is 6.96. The number of nitrogens with zero attached hydrogens (tertiary/aromatic N) is 1. The van der Waals surface area contributed by atoms with Crippen molar-refractivity contribution >= 4 is 11.7 Å². The molecule has 1 rings (SSSR count). The van der Waals surface area contributed by atoms with Crippen LogP contribution in [0.1, 0.15) is 0 Å². The second kappa shape index (κ2) is 4.71. The van der Waals surface area contributed by atoms with Crippen molar-refractivity contribution < 1.29 is 9.53 Å². The molecule has 0 aliphatic carbocycles. The van der Waals surface area contributed by atoms with Crippen LogP contribution in [-0.4, -0.2) is 38.5 Å². The van der Waals surface area contributed by atoms with Crippen molar-refractivity contribution in [3.63, 3.8) is 0 Å². The largest absolute Gasteiger partial charge is 0.375 e. The second-order valence-corrected chi connectivity index (χ2v) is 2.35. The van der Waals surface area contributed by atoms with Crippen LogP contribution in [0.4, 0.5) is 0 Å². The Labute approximate surface area is 71.2 Å². The Morgan fingerprint density at radius 1 is 1.92 bits per heavy atom. The highest BCUT2D eigenvalue weighted by atomic mass is 16.5. The molecule has 5 nitrogen and oxygen atoms in total. The van der Waals surface area contributed by atoms with Gasteiger partial charge in [0.15, 0.2) is 0 Å². The molecule has 0 aromatic rings. The number of ether oxygens (including phenoxy) is 1. The zero-order valence-corrected chi connectivity index (χ0v) is 6.96. The summed E-state index contributed by atoms with van der Waals surface area (Å²) >= 11 is 0. The van der Waals surface area contributed by atoms with Gasteiger partial charge in [-0.15, -0.1) is 0 Å². The summed E-state index contributed by atoms with van der Waals surface area (Å²) < 4.78 is 4.64. The first-order valence-electron chi connectivity index (χ1n) is 3.71. The highest BCUT2D eigenvalue weighted by Crippen LogP contribution is 1.87. The molecule has 5 heteroatoms. The van der Waals surface area contributed by atoms with Crippen LogP contribution in [0.25, 0.3) is 0 Å². The van der Waals surface area contributed by atoms with Gasteiger partial charge in [0.1, 0.15) is 12.4 Å². The SMILES string of the molecule is COCC(=O)NCC1=N[CH]CN1. The average molecular weight is 170 g/mol. The van der Waals surface area contributed by atoms with E-state index >= 15 is 0 Å². The molecule has 0 fully saturated rings. The second-order valence-electron chi connectivity index (χ2n) is 2.35. The van der Waals surface area contributed by atoms with Crippen molar-refractivity contribution in [2.75, 3.05) is 26.8 Å². The summed E-state index contributed by atoms with van der Waals surface area (Å²) in [6, 6.07) is 0. The summed E-state index contributed by atoms with van der Waals surface area (Å²) in [5.41, 5.74) is 0. The molecular weight excluding hydrogens is 158 g/mol. The molecule has 67 valence electrons. The zero-order chi connectivity index (χ0) is 8.81. The van der Waals surface area contributed by atoms with Crippen molar-refractivity contribution in [2.24, 2.45) is 4.99 Å². The number of hydrogen-bond donors (Lipinski definition) is 2. The van der Waals surface area contributed by atoms with E-state index in [1.165, 1.54) is 7.11 Å². The third kappa shape index (κ3) is 2.87. The molecule has 0 spiro atoms. The van der Waals surface area contributed by atoms with Crippen LogP contribution in [0.15, 0.2) is 4.99 Å². The minimum Gasteiger partial charge on any atom is -0.375 e. The number of carbonyl (C=O) groups is 1. The molecule has 0 aromatic heterocycles. The lowest BCUT2D eigenvalue weighted by molar-refractivity contribution is -0.124. The van der Waals surface area contributed by atoms with Gasteiger partial charge in [-0.3, -0.25) is 9.79 Å². The lowest BCUT2D eigenvalue weighted by atomic mass is 10.5. The molecule has 1 amide bonds. The van der Waals surface area contributed by atoms with Crippen LogP contribution in [0.2, 0.25) is 0 Å². The number of nitrogens with one attached hydrogen (secondary N) is 2. The van der Waals surface area contributed by atoms with Crippen molar-refractivity contribution in [1.82, 2.24) is 10.6 Å². The van der Waals surface area contributed by atoms with Gasteiger partial charge in [0, 0.05) is 13.7 Å². The van der Waals surface area contributed by atoms with E-state index < -0.39 is 0 Å². The van der Waals surface area contributed by atoms with E-state index in [1.54, 1.807) is 6.54 Å². The van der Waals surface area contributed by atoms with Gasteiger partial charge >= 0.3 is 0 Å². The Bertz CT molecular complexity index is 191. The molecule has 0 bridgehead atoms. The van der Waals surface area contributed by atoms with Gasteiger partial charge in [-0.05, 0) is 0 Å². The minimum atomic E-state index is -0.131. The first kappa shape index (κ1) is 8.99. The van der Waals surface area contributed by atoms with Gasteiger partial charge in [-0.1, -0.05) is 0 Å². The molecule has 1 aliphatic rings. The highest BCUT2D eigenvalue weighted by Gasteiger charge is 2.06. The lowest BCUT2D eigenvalue weighted by Gasteiger charge is -2.03. The third-order valence-corrected chi connectivity index (χ3v) is 1.37. The molecule has 0 aromatic carbocycles. The van der Waals surface area contributed by atoms with Crippen LogP contribution in [0, 0.1) is 6.54 Å². The highest BCUT2D eigenvalue weighted by molar-refractivity contribution is 5.90. The molecule has 1 radical (unpaired) electrons. The van der Waals surface area contributed by atoms with E-state index in [4.69, 9.17) is 0 Å². The fraction of sp³-hybridized carbons (Fsp3) is 0.571. The predicted octanol–water partition coefficient (Wildman–Crippen LogP) is -1.09. The van der Waals surface area contributed by atoms with Crippen molar-refractivity contribution in [2.45, 2.75) is 0 Å². The average Bonchev–Trinajstić information content (AvgIpc) is 2.53. The van der Waals surface area contributed by atoms with Gasteiger partial charge in [-0.2, -0.15) is 0 Å². The standard InChI is InChI=1S/C7H12N3O2/c1-12-5-7(11)10-4-6-8-2-3-9-6/h2H,3-5H2,1H3,(H,8,9)(H,10,11). The summed E-state index contributed by atoms with van der Waals surface area (Å²) in [5.74, 6) is 0.661. The van der Waals surface area contributed by atoms with E-state index in [-0.39, 0.29) is 12.5 Å². The van der Waals surface area contributed by atoms with E-state index in [2.05, 4.69) is 20.4 Å². The maximum absolute atomic E-state index is 10.9. The van der Waals surface area contributed by atoms with Crippen LogP contribution in [-0.2, 0) is 9.53 Å². The van der Waals surface area contributed by atoms with Gasteiger partial charge in [0.05, 0.1) is 13.1 Å². The minimum absolute atomic E-state index is 0.0942. The Morgan fingerprint density at radius 3 is 3.33 bits per heavy atom. The summed E-state index contributed by atoms with van der Waals surface area (Å²) in [4.78, 5) is 14.9. The number of methoxy groups -OCH3 is 1. The van der Waals surface area contributed by atoms with Gasteiger partial charge in [0.2, 0.25) is 5.91 Å². The molecule has 0 saturated carbocycles. The Kier molecular flexibility index (Phi) is 3.53. The first-order chi connectivity index (χ1) is 5.83. The number of aliphatic imine (C=N–C) groups is 1. The fourth-order valence-corrected chi connectivity index (χ4v) is 0.838. The Morgan fingerprint density at radius 2 is 2.75 bits per heavy atom. The molecule has 0 unspecified atom stereocenters. The molecule has 12 heavy (non-hydrogen) atoms. The normalized spacial score (nSPS) is 15.2. The summed E-state index contributed by atoms with van der Waals surface area (Å²) in [7, 11) is 1.48. The number of carbonyl (C=O) groups excluding carboxylic acids is 1. The molecular formula is C7H12N3O2. The maximum Gasteiger partial charge on any atom is 0.246 e. The van der Waals surface area contributed by atoms with Crippen LogP contribution in [0.5, 0.6) is 0 Å². The van der Waals surface area contributed by atoms with E-state index in [1.807, 2.05) is 0 Å². The molecule has 1 heterocycles. The summed E-state index contributed by atoms with van der Waals surface area (Å²) in [6.07, 6.45) is 0. The maximum atomic E-state index is 10.9. The van der Waals surface area contributed by atoms with E-state index in [9.17, 15) is 4.79 Å². The van der Waals surface area contributed by atoms with Gasteiger partial charge < -0.3 is 15.4 Å². The van der Waals surface area contributed by atoms with Crippen LogP contribution >= 0.6 is 0 Å². The number of rotatable bonds is 4. The smallest absolute Gasteiger partial charge is 0.246 e. The van der Waals surface area contributed by atoms with Crippen molar-refractivity contribution in [3.8, 4) is 0 Å². The Balaban J connectivity index is 2.12. The predicted molar refractivity (Wildman–Crippen MR) is 44.6 cm³/mol. The third-order valence-electron chi connectivity index (χ3n) is 1.37. The van der Waals surface area contributed by atoms with Crippen molar-refractivity contribution in [3.05, 3.63) is 6.54 Å². The molecule has 0 atom stereocenters. The van der Waals surface area contributed by atoms with E-state index in [0.29, 0.717) is 6.54 Å². The van der Waals surface area contributed by atoms with Crippen LogP contribution < -0.4 is 10.6 Å². The monoisotopic (exact) mass is 170 g/mol. The number of amidine groups is 1. The topological polar surface area (TPSA) is 62.7 Å². The van der Waals surface area contributed by atoms with Gasteiger partial charge in [0.25, 0.3) is 0 Å². The quantitative estimate of drug-likeness (QED) is 0.563. The molecule has 0 saturated heterocycles. The van der Waals surface area contributed by atoms with Crippen molar-refractivity contribution in [1.29, 1.82) is 0 Å². The summed E-state index contributed by atoms with van der Waals surface area (Å²) in [5, 5.41) is 5.64. The van der Waals surface area contributed by atoms with E-state index in [0.717, 1.165) is 12.4 Å². The number of amides is 1. The molecule has 2 N–H and O–H groups in total. The van der Waals surface area contributed by atoms with Gasteiger partial charge in [-0.25, -0.2) is 0 Å². The van der Waals surface area contributed by atoms with Crippen LogP contribution in [0.3, 0.4) is 0 Å². The Hall–Kier alpha value is -1.10.